The molecule has 1 nitrogen and oxygen atoms in total. The smallest absolute Gasteiger partial charge is 0.00900 e. The third-order valence-electron chi connectivity index (χ3n) is 2.51. The van der Waals surface area contributed by atoms with Crippen LogP contribution in [0.3, 0.4) is 0 Å². The Morgan fingerprint density at radius 1 is 1.30 bits per heavy atom. The summed E-state index contributed by atoms with van der Waals surface area (Å²) in [6.07, 6.45) is 3.53. The quantitative estimate of drug-likeness (QED) is 0.643. The fourth-order valence-electron chi connectivity index (χ4n) is 0.964. The van der Waals surface area contributed by atoms with E-state index in [1.165, 1.54) is 12.8 Å². The summed E-state index contributed by atoms with van der Waals surface area (Å²) in [6, 6.07) is 0.377. The van der Waals surface area contributed by atoms with Crippen LogP contribution >= 0.6 is 0 Å². The van der Waals surface area contributed by atoms with Crippen LogP contribution in [0.15, 0.2) is 0 Å². The molecule has 10 heavy (non-hydrogen) atoms. The van der Waals surface area contributed by atoms with E-state index in [0.29, 0.717) is 11.5 Å². The zero-order valence-corrected chi connectivity index (χ0v) is 7.78. The van der Waals surface area contributed by atoms with E-state index in [9.17, 15) is 0 Å². The second-order valence-electron chi connectivity index (χ2n) is 3.74. The molecule has 0 saturated heterocycles. The van der Waals surface area contributed by atoms with Crippen molar-refractivity contribution in [2.75, 3.05) is 0 Å². The summed E-state index contributed by atoms with van der Waals surface area (Å²) in [6.45, 7) is 8.88. The Bertz CT molecular complexity index is 86.7. The van der Waals surface area contributed by atoms with Crippen molar-refractivity contribution in [1.29, 1.82) is 0 Å². The van der Waals surface area contributed by atoms with Crippen molar-refractivity contribution >= 4 is 0 Å². The van der Waals surface area contributed by atoms with Gasteiger partial charge >= 0.3 is 0 Å². The minimum Gasteiger partial charge on any atom is -0.327 e. The molecule has 2 N–H and O–H groups in total. The van der Waals surface area contributed by atoms with E-state index in [2.05, 4.69) is 27.7 Å². The topological polar surface area (TPSA) is 26.0 Å². The molecular weight excluding hydrogens is 122 g/mol. The lowest BCUT2D eigenvalue weighted by Gasteiger charge is -2.30. The highest BCUT2D eigenvalue weighted by Gasteiger charge is 2.22. The monoisotopic (exact) mass is 143 g/mol. The normalized spacial score (nSPS) is 15.3. The van der Waals surface area contributed by atoms with Crippen LogP contribution in [0.2, 0.25) is 0 Å². The van der Waals surface area contributed by atoms with Crippen LogP contribution in [0.4, 0.5) is 0 Å². The molecule has 0 aromatic carbocycles. The van der Waals surface area contributed by atoms with Gasteiger partial charge in [0.2, 0.25) is 0 Å². The van der Waals surface area contributed by atoms with Crippen LogP contribution < -0.4 is 5.73 Å². The van der Waals surface area contributed by atoms with Gasteiger partial charge in [-0.05, 0) is 18.3 Å². The van der Waals surface area contributed by atoms with Gasteiger partial charge in [-0.3, -0.25) is 0 Å². The molecule has 1 heteroatoms. The first-order valence-corrected chi connectivity index (χ1v) is 4.30. The molecule has 0 saturated carbocycles. The van der Waals surface area contributed by atoms with Crippen LogP contribution in [0.25, 0.3) is 0 Å². The Kier molecular flexibility index (Phi) is 3.95. The standard InChI is InChI=1S/C9H21N/c1-5-7-8(10)9(3,4)6-2/h8H,5-7,10H2,1-4H3. The van der Waals surface area contributed by atoms with Crippen LogP contribution in [0.5, 0.6) is 0 Å². The SMILES string of the molecule is CCCC(N)C(C)(C)CC. The molecule has 0 rings (SSSR count). The Morgan fingerprint density at radius 2 is 1.80 bits per heavy atom. The summed E-state index contributed by atoms with van der Waals surface area (Å²) in [4.78, 5) is 0. The minimum atomic E-state index is 0.329. The summed E-state index contributed by atoms with van der Waals surface area (Å²) in [5.74, 6) is 0. The van der Waals surface area contributed by atoms with Crippen molar-refractivity contribution < 1.29 is 0 Å². The van der Waals surface area contributed by atoms with Crippen LogP contribution in [-0.4, -0.2) is 6.04 Å². The molecule has 0 bridgehead atoms. The van der Waals surface area contributed by atoms with E-state index < -0.39 is 0 Å². The molecule has 1 atom stereocenters. The van der Waals surface area contributed by atoms with E-state index in [1.807, 2.05) is 0 Å². The van der Waals surface area contributed by atoms with Crippen molar-refractivity contribution in [2.24, 2.45) is 11.1 Å². The van der Waals surface area contributed by atoms with Gasteiger partial charge in [-0.1, -0.05) is 34.1 Å². The minimum absolute atomic E-state index is 0.329. The van der Waals surface area contributed by atoms with Crippen LogP contribution in [0, 0.1) is 5.41 Å². The molecule has 0 aliphatic carbocycles. The lowest BCUT2D eigenvalue weighted by atomic mass is 9.80. The maximum absolute atomic E-state index is 5.97. The summed E-state index contributed by atoms with van der Waals surface area (Å²) in [5.41, 5.74) is 6.30. The Labute approximate surface area is 65.0 Å². The predicted molar refractivity (Wildman–Crippen MR) is 47.0 cm³/mol. The molecule has 0 aliphatic heterocycles. The lowest BCUT2D eigenvalue weighted by Crippen LogP contribution is -2.36. The first-order chi connectivity index (χ1) is 4.54. The van der Waals surface area contributed by atoms with Crippen molar-refractivity contribution in [3.8, 4) is 0 Å². The van der Waals surface area contributed by atoms with Crippen molar-refractivity contribution in [2.45, 2.75) is 53.0 Å². The Morgan fingerprint density at radius 3 is 2.10 bits per heavy atom. The van der Waals surface area contributed by atoms with E-state index in [-0.39, 0.29) is 0 Å². The number of hydrogen-bond donors (Lipinski definition) is 1. The van der Waals surface area contributed by atoms with Gasteiger partial charge in [-0.15, -0.1) is 0 Å². The fourth-order valence-corrected chi connectivity index (χ4v) is 0.964. The lowest BCUT2D eigenvalue weighted by molar-refractivity contribution is 0.261. The molecule has 0 aromatic rings. The highest BCUT2D eigenvalue weighted by Crippen LogP contribution is 2.25. The molecule has 0 aromatic heterocycles. The van der Waals surface area contributed by atoms with Gasteiger partial charge in [0.1, 0.15) is 0 Å². The second kappa shape index (κ2) is 3.97. The van der Waals surface area contributed by atoms with Gasteiger partial charge < -0.3 is 5.73 Å². The molecular formula is C9H21N. The van der Waals surface area contributed by atoms with Crippen molar-refractivity contribution in [3.05, 3.63) is 0 Å². The van der Waals surface area contributed by atoms with E-state index in [4.69, 9.17) is 5.73 Å². The Hall–Kier alpha value is -0.0400. The van der Waals surface area contributed by atoms with Gasteiger partial charge in [0.25, 0.3) is 0 Å². The van der Waals surface area contributed by atoms with E-state index in [0.717, 1.165) is 6.42 Å². The molecule has 0 aliphatic rings. The number of nitrogens with two attached hydrogens (primary N) is 1. The second-order valence-corrected chi connectivity index (χ2v) is 3.74. The molecule has 0 heterocycles. The van der Waals surface area contributed by atoms with Gasteiger partial charge in [0.15, 0.2) is 0 Å². The van der Waals surface area contributed by atoms with Gasteiger partial charge in [0, 0.05) is 6.04 Å². The maximum Gasteiger partial charge on any atom is 0.00900 e. The zero-order chi connectivity index (χ0) is 8.20. The highest BCUT2D eigenvalue weighted by molar-refractivity contribution is 4.79. The maximum atomic E-state index is 5.97. The van der Waals surface area contributed by atoms with Crippen LogP contribution in [-0.2, 0) is 0 Å². The number of rotatable bonds is 4. The third kappa shape index (κ3) is 2.70. The first kappa shape index (κ1) is 9.96. The average molecular weight is 143 g/mol. The molecule has 0 radical (unpaired) electrons. The van der Waals surface area contributed by atoms with Gasteiger partial charge in [-0.25, -0.2) is 0 Å². The average Bonchev–Trinajstić information content (AvgIpc) is 1.89. The van der Waals surface area contributed by atoms with Crippen molar-refractivity contribution in [1.82, 2.24) is 0 Å². The van der Waals surface area contributed by atoms with E-state index in [1.54, 1.807) is 0 Å². The molecule has 0 spiro atoms. The molecule has 1 unspecified atom stereocenters. The summed E-state index contributed by atoms with van der Waals surface area (Å²) >= 11 is 0. The highest BCUT2D eigenvalue weighted by atomic mass is 14.7. The molecule has 62 valence electrons. The predicted octanol–water partition coefficient (Wildman–Crippen LogP) is 2.55. The third-order valence-corrected chi connectivity index (χ3v) is 2.51. The summed E-state index contributed by atoms with van der Waals surface area (Å²) in [7, 11) is 0. The summed E-state index contributed by atoms with van der Waals surface area (Å²) < 4.78 is 0. The first-order valence-electron chi connectivity index (χ1n) is 4.30. The summed E-state index contributed by atoms with van der Waals surface area (Å²) in [5, 5.41) is 0. The van der Waals surface area contributed by atoms with E-state index >= 15 is 0 Å². The number of hydrogen-bond acceptors (Lipinski definition) is 1. The van der Waals surface area contributed by atoms with Crippen LogP contribution in [0.1, 0.15) is 47.0 Å². The van der Waals surface area contributed by atoms with Crippen molar-refractivity contribution in [3.63, 3.8) is 0 Å². The zero-order valence-electron chi connectivity index (χ0n) is 7.78. The fraction of sp³-hybridized carbons (Fsp3) is 1.00. The van der Waals surface area contributed by atoms with Gasteiger partial charge in [-0.2, -0.15) is 0 Å². The van der Waals surface area contributed by atoms with Gasteiger partial charge in [0.05, 0.1) is 0 Å². The molecule has 0 fully saturated rings. The largest absolute Gasteiger partial charge is 0.327 e. The Balaban J connectivity index is 3.78. The molecule has 0 amide bonds.